The van der Waals surface area contributed by atoms with Crippen LogP contribution in [0.2, 0.25) is 5.02 Å². The molecule has 1 aromatic carbocycles. The van der Waals surface area contributed by atoms with Crippen LogP contribution in [0.1, 0.15) is 44.0 Å². The third kappa shape index (κ3) is 6.16. The number of Topliss-reactive ketones (excluding diaryl/α,β-unsaturated/α-hetero) is 1. The molecule has 0 bridgehead atoms. The van der Waals surface area contributed by atoms with Crippen molar-refractivity contribution < 1.29 is 14.7 Å². The van der Waals surface area contributed by atoms with Crippen LogP contribution in [0.3, 0.4) is 0 Å². The number of carbonyl (C=O) groups is 2. The number of amides is 1. The van der Waals surface area contributed by atoms with Crippen molar-refractivity contribution >= 4 is 23.3 Å². The fourth-order valence-electron chi connectivity index (χ4n) is 2.03. The number of rotatable bonds is 8. The van der Waals surface area contributed by atoms with Crippen LogP contribution in [0.4, 0.5) is 0 Å². The Morgan fingerprint density at radius 3 is 2.32 bits per heavy atom. The molecule has 0 aromatic heterocycles. The molecule has 22 heavy (non-hydrogen) atoms. The SMILES string of the molecule is CC(CC(=O)NCCC(O)C(C)C)C(=O)c1ccc(Cl)cc1. The number of aliphatic hydroxyl groups is 1. The van der Waals surface area contributed by atoms with Gasteiger partial charge in [-0.25, -0.2) is 0 Å². The first-order valence-corrected chi connectivity index (χ1v) is 7.93. The molecule has 2 N–H and O–H groups in total. The molecule has 1 amide bonds. The van der Waals surface area contributed by atoms with Crippen molar-refractivity contribution in [2.24, 2.45) is 11.8 Å². The van der Waals surface area contributed by atoms with Gasteiger partial charge in [-0.05, 0) is 36.6 Å². The van der Waals surface area contributed by atoms with E-state index >= 15 is 0 Å². The maximum atomic E-state index is 12.2. The smallest absolute Gasteiger partial charge is 0.220 e. The van der Waals surface area contributed by atoms with E-state index in [1.165, 1.54) is 0 Å². The Balaban J connectivity index is 2.40. The molecule has 0 saturated carbocycles. The van der Waals surface area contributed by atoms with E-state index in [1.807, 2.05) is 13.8 Å². The van der Waals surface area contributed by atoms with Crippen LogP contribution in [0.25, 0.3) is 0 Å². The lowest BCUT2D eigenvalue weighted by Crippen LogP contribution is -2.30. The number of carbonyl (C=O) groups excluding carboxylic acids is 2. The molecule has 1 rings (SSSR count). The molecule has 0 fully saturated rings. The molecule has 4 nitrogen and oxygen atoms in total. The highest BCUT2D eigenvalue weighted by Gasteiger charge is 2.18. The van der Waals surface area contributed by atoms with Crippen LogP contribution in [0, 0.1) is 11.8 Å². The summed E-state index contributed by atoms with van der Waals surface area (Å²) in [7, 11) is 0. The van der Waals surface area contributed by atoms with Crippen LogP contribution in [-0.2, 0) is 4.79 Å². The summed E-state index contributed by atoms with van der Waals surface area (Å²) in [5, 5.41) is 13.0. The zero-order valence-corrected chi connectivity index (χ0v) is 14.1. The molecule has 0 radical (unpaired) electrons. The Morgan fingerprint density at radius 1 is 1.18 bits per heavy atom. The van der Waals surface area contributed by atoms with Crippen LogP contribution in [0.5, 0.6) is 0 Å². The predicted octanol–water partition coefficient (Wildman–Crippen LogP) is 3.07. The summed E-state index contributed by atoms with van der Waals surface area (Å²) in [5.41, 5.74) is 0.555. The minimum atomic E-state index is -0.423. The Hall–Kier alpha value is -1.39. The molecule has 122 valence electrons. The summed E-state index contributed by atoms with van der Waals surface area (Å²) in [6.07, 6.45) is 0.232. The number of aliphatic hydroxyl groups excluding tert-OH is 1. The molecular weight excluding hydrogens is 302 g/mol. The Labute approximate surface area is 136 Å². The minimum Gasteiger partial charge on any atom is -0.393 e. The second-order valence-corrected chi connectivity index (χ2v) is 6.36. The van der Waals surface area contributed by atoms with Crippen LogP contribution in [-0.4, -0.2) is 29.4 Å². The molecule has 0 aliphatic heterocycles. The van der Waals surface area contributed by atoms with Crippen molar-refractivity contribution in [3.05, 3.63) is 34.9 Å². The fraction of sp³-hybridized carbons (Fsp3) is 0.529. The van der Waals surface area contributed by atoms with Gasteiger partial charge < -0.3 is 10.4 Å². The Morgan fingerprint density at radius 2 is 1.77 bits per heavy atom. The topological polar surface area (TPSA) is 66.4 Å². The van der Waals surface area contributed by atoms with Gasteiger partial charge in [-0.2, -0.15) is 0 Å². The molecule has 0 aliphatic rings. The summed E-state index contributed by atoms with van der Waals surface area (Å²) in [6.45, 7) is 6.01. The van der Waals surface area contributed by atoms with E-state index in [0.717, 1.165) is 0 Å². The van der Waals surface area contributed by atoms with E-state index in [1.54, 1.807) is 31.2 Å². The van der Waals surface area contributed by atoms with Crippen molar-refractivity contribution in [2.75, 3.05) is 6.54 Å². The third-order valence-corrected chi connectivity index (χ3v) is 3.85. The van der Waals surface area contributed by atoms with Gasteiger partial charge in [-0.3, -0.25) is 9.59 Å². The first-order chi connectivity index (χ1) is 10.3. The van der Waals surface area contributed by atoms with Crippen LogP contribution in [0.15, 0.2) is 24.3 Å². The van der Waals surface area contributed by atoms with Gasteiger partial charge in [-0.15, -0.1) is 0 Å². The summed E-state index contributed by atoms with van der Waals surface area (Å²) in [4.78, 5) is 24.0. The molecule has 1 aromatic rings. The maximum absolute atomic E-state index is 12.2. The number of ketones is 1. The molecular formula is C17H24ClNO3. The lowest BCUT2D eigenvalue weighted by Gasteiger charge is -2.15. The zero-order chi connectivity index (χ0) is 16.7. The van der Waals surface area contributed by atoms with Crippen molar-refractivity contribution in [1.82, 2.24) is 5.32 Å². The maximum Gasteiger partial charge on any atom is 0.220 e. The molecule has 0 aliphatic carbocycles. The number of hydrogen-bond acceptors (Lipinski definition) is 3. The highest BCUT2D eigenvalue weighted by Crippen LogP contribution is 2.15. The summed E-state index contributed by atoms with van der Waals surface area (Å²) >= 11 is 5.79. The van der Waals surface area contributed by atoms with Gasteiger partial charge >= 0.3 is 0 Å². The molecule has 2 unspecified atom stereocenters. The summed E-state index contributed by atoms with van der Waals surface area (Å²) in [6, 6.07) is 6.65. The fourth-order valence-corrected chi connectivity index (χ4v) is 2.16. The Kier molecular flexibility index (Phi) is 7.56. The van der Waals surface area contributed by atoms with Gasteiger partial charge in [0, 0.05) is 29.5 Å². The number of benzene rings is 1. The van der Waals surface area contributed by atoms with Gasteiger partial charge in [0.2, 0.25) is 5.91 Å². The first kappa shape index (κ1) is 18.7. The highest BCUT2D eigenvalue weighted by molar-refractivity contribution is 6.30. The number of halogens is 1. The van der Waals surface area contributed by atoms with Crippen molar-refractivity contribution in [1.29, 1.82) is 0 Å². The second kappa shape index (κ2) is 8.91. The first-order valence-electron chi connectivity index (χ1n) is 7.55. The Bertz CT molecular complexity index is 499. The van der Waals surface area contributed by atoms with E-state index in [0.29, 0.717) is 23.6 Å². The third-order valence-electron chi connectivity index (χ3n) is 3.60. The zero-order valence-electron chi connectivity index (χ0n) is 13.3. The standard InChI is InChI=1S/C17H24ClNO3/c1-11(2)15(20)8-9-19-16(21)10-12(3)17(22)13-4-6-14(18)7-5-13/h4-7,11-12,15,20H,8-10H2,1-3H3,(H,19,21). The molecule has 0 heterocycles. The quantitative estimate of drug-likeness (QED) is 0.722. The second-order valence-electron chi connectivity index (χ2n) is 5.93. The van der Waals surface area contributed by atoms with Crippen molar-refractivity contribution in [3.63, 3.8) is 0 Å². The lowest BCUT2D eigenvalue weighted by molar-refractivity contribution is -0.121. The van der Waals surface area contributed by atoms with E-state index in [4.69, 9.17) is 11.6 Å². The van der Waals surface area contributed by atoms with Gasteiger partial charge in [0.15, 0.2) is 5.78 Å². The normalized spacial score (nSPS) is 13.7. The molecule has 2 atom stereocenters. The average Bonchev–Trinajstić information content (AvgIpc) is 2.46. The molecule has 5 heteroatoms. The highest BCUT2D eigenvalue weighted by atomic mass is 35.5. The van der Waals surface area contributed by atoms with Crippen LogP contribution < -0.4 is 5.32 Å². The van der Waals surface area contributed by atoms with E-state index in [9.17, 15) is 14.7 Å². The largest absolute Gasteiger partial charge is 0.393 e. The van der Waals surface area contributed by atoms with Crippen molar-refractivity contribution in [2.45, 2.75) is 39.7 Å². The average molecular weight is 326 g/mol. The summed E-state index contributed by atoms with van der Waals surface area (Å²) in [5.74, 6) is -0.474. The summed E-state index contributed by atoms with van der Waals surface area (Å²) < 4.78 is 0. The van der Waals surface area contributed by atoms with Gasteiger partial charge in [0.1, 0.15) is 0 Å². The van der Waals surface area contributed by atoms with Gasteiger partial charge in [0.25, 0.3) is 0 Å². The monoisotopic (exact) mass is 325 g/mol. The number of hydrogen-bond donors (Lipinski definition) is 2. The van der Waals surface area contributed by atoms with Crippen molar-refractivity contribution in [3.8, 4) is 0 Å². The predicted molar refractivity (Wildman–Crippen MR) is 88.0 cm³/mol. The van der Waals surface area contributed by atoms with E-state index in [2.05, 4.69) is 5.32 Å². The van der Waals surface area contributed by atoms with E-state index < -0.39 is 12.0 Å². The van der Waals surface area contributed by atoms with Crippen LogP contribution >= 0.6 is 11.6 Å². The lowest BCUT2D eigenvalue weighted by atomic mass is 9.96. The minimum absolute atomic E-state index is 0.0750. The van der Waals surface area contributed by atoms with E-state index in [-0.39, 0.29) is 24.0 Å². The van der Waals surface area contributed by atoms with Gasteiger partial charge in [0.05, 0.1) is 6.10 Å². The molecule has 0 spiro atoms. The number of nitrogens with one attached hydrogen (secondary N) is 1. The molecule has 0 saturated heterocycles. The van der Waals surface area contributed by atoms with Gasteiger partial charge in [-0.1, -0.05) is 32.4 Å².